The fraction of sp³-hybridized carbons (Fsp3) is 0.696. The second-order valence-corrected chi connectivity index (χ2v) is 8.94. The molecule has 0 unspecified atom stereocenters. The van der Waals surface area contributed by atoms with Crippen molar-refractivity contribution in [2.24, 2.45) is 4.99 Å². The summed E-state index contributed by atoms with van der Waals surface area (Å²) in [5, 5.41) is 6.73. The smallest absolute Gasteiger partial charge is 0.410 e. The van der Waals surface area contributed by atoms with Gasteiger partial charge in [-0.15, -0.1) is 24.0 Å². The Morgan fingerprint density at radius 2 is 1.94 bits per heavy atom. The van der Waals surface area contributed by atoms with Gasteiger partial charge >= 0.3 is 6.09 Å². The van der Waals surface area contributed by atoms with Crippen LogP contribution in [0.5, 0.6) is 0 Å². The molecular weight excluding hydrogens is 519 g/mol. The Kier molecular flexibility index (Phi) is 13.5. The van der Waals surface area contributed by atoms with Crippen molar-refractivity contribution in [3.05, 3.63) is 30.1 Å². The van der Waals surface area contributed by atoms with Crippen LogP contribution in [0.3, 0.4) is 0 Å². The molecule has 2 heterocycles. The van der Waals surface area contributed by atoms with Crippen LogP contribution >= 0.6 is 24.0 Å². The minimum Gasteiger partial charge on any atom is -0.444 e. The fourth-order valence-corrected chi connectivity index (χ4v) is 3.49. The van der Waals surface area contributed by atoms with E-state index in [0.29, 0.717) is 13.1 Å². The Morgan fingerprint density at radius 3 is 2.56 bits per heavy atom. The number of likely N-dealkylation sites (tertiary alicyclic amines) is 1. The van der Waals surface area contributed by atoms with Crippen molar-refractivity contribution in [1.29, 1.82) is 0 Å². The minimum absolute atomic E-state index is 0. The number of rotatable bonds is 9. The second kappa shape index (κ2) is 15.3. The molecule has 1 fully saturated rings. The number of halogens is 1. The van der Waals surface area contributed by atoms with E-state index in [9.17, 15) is 4.79 Å². The van der Waals surface area contributed by atoms with Crippen LogP contribution in [0.4, 0.5) is 4.79 Å². The number of carbonyl (C=O) groups excluding carboxylic acids is 1. The maximum atomic E-state index is 12.7. The van der Waals surface area contributed by atoms with E-state index in [1.165, 1.54) is 32.4 Å². The Morgan fingerprint density at radius 1 is 1.22 bits per heavy atom. The number of guanidine groups is 1. The summed E-state index contributed by atoms with van der Waals surface area (Å²) in [5.74, 6) is 0.799. The lowest BCUT2D eigenvalue weighted by atomic mass is 10.1. The molecule has 8 nitrogen and oxygen atoms in total. The van der Waals surface area contributed by atoms with Gasteiger partial charge in [-0.25, -0.2) is 4.79 Å². The minimum atomic E-state index is -0.525. The lowest BCUT2D eigenvalue weighted by Gasteiger charge is -2.28. The molecule has 0 radical (unpaired) electrons. The van der Waals surface area contributed by atoms with Crippen LogP contribution in [0.25, 0.3) is 0 Å². The highest BCUT2D eigenvalue weighted by Crippen LogP contribution is 2.13. The van der Waals surface area contributed by atoms with Crippen molar-refractivity contribution in [3.63, 3.8) is 0 Å². The van der Waals surface area contributed by atoms with Crippen LogP contribution in [0.15, 0.2) is 29.5 Å². The molecule has 0 atom stereocenters. The summed E-state index contributed by atoms with van der Waals surface area (Å²) >= 11 is 0. The summed E-state index contributed by atoms with van der Waals surface area (Å²) in [4.78, 5) is 25.3. The van der Waals surface area contributed by atoms with Crippen molar-refractivity contribution in [3.8, 4) is 0 Å². The Balaban J connectivity index is 0.00000512. The van der Waals surface area contributed by atoms with Gasteiger partial charge in [0.25, 0.3) is 0 Å². The third-order valence-corrected chi connectivity index (χ3v) is 5.04. The van der Waals surface area contributed by atoms with Gasteiger partial charge in [0.1, 0.15) is 5.60 Å². The first-order chi connectivity index (χ1) is 14.9. The largest absolute Gasteiger partial charge is 0.444 e. The number of carbonyl (C=O) groups is 1. The number of hydrogen-bond donors (Lipinski definition) is 2. The van der Waals surface area contributed by atoms with Gasteiger partial charge in [0, 0.05) is 45.6 Å². The number of aromatic nitrogens is 1. The second-order valence-electron chi connectivity index (χ2n) is 8.94. The average molecular weight is 561 g/mol. The third kappa shape index (κ3) is 11.8. The molecule has 0 bridgehead atoms. The zero-order valence-electron chi connectivity index (χ0n) is 20.1. The maximum Gasteiger partial charge on any atom is 0.410 e. The van der Waals surface area contributed by atoms with Crippen LogP contribution in [0, 0.1) is 0 Å². The molecule has 1 aliphatic heterocycles. The average Bonchev–Trinajstić information content (AvgIpc) is 2.74. The summed E-state index contributed by atoms with van der Waals surface area (Å²) in [6.45, 7) is 11.7. The van der Waals surface area contributed by atoms with Gasteiger partial charge in [-0.3, -0.25) is 9.98 Å². The molecule has 1 amide bonds. The molecule has 0 aromatic carbocycles. The Hall–Kier alpha value is -1.62. The Bertz CT molecular complexity index is 675. The van der Waals surface area contributed by atoms with Crippen molar-refractivity contribution < 1.29 is 9.53 Å². The molecule has 9 heteroatoms. The first-order valence-electron chi connectivity index (χ1n) is 11.4. The molecule has 1 aliphatic rings. The molecule has 1 aromatic heterocycles. The SMILES string of the molecule is CN=C(NCCCN(Cc1cccnc1)C(=O)OC(C)(C)C)NCCN1CCCCC1.I. The van der Waals surface area contributed by atoms with Gasteiger partial charge in [-0.2, -0.15) is 0 Å². The summed E-state index contributed by atoms with van der Waals surface area (Å²) in [6, 6.07) is 3.85. The molecule has 1 aromatic rings. The first-order valence-corrected chi connectivity index (χ1v) is 11.4. The third-order valence-electron chi connectivity index (χ3n) is 5.04. The lowest BCUT2D eigenvalue weighted by molar-refractivity contribution is 0.0232. The van der Waals surface area contributed by atoms with E-state index in [4.69, 9.17) is 4.74 Å². The molecular formula is C23H41IN6O2. The lowest BCUT2D eigenvalue weighted by Crippen LogP contribution is -2.43. The summed E-state index contributed by atoms with van der Waals surface area (Å²) in [7, 11) is 1.78. The molecule has 2 rings (SSSR count). The van der Waals surface area contributed by atoms with Crippen LogP contribution in [-0.2, 0) is 11.3 Å². The van der Waals surface area contributed by atoms with Gasteiger partial charge in [-0.1, -0.05) is 12.5 Å². The van der Waals surface area contributed by atoms with Crippen LogP contribution < -0.4 is 10.6 Å². The van der Waals surface area contributed by atoms with Gasteiger partial charge in [0.05, 0.1) is 6.54 Å². The molecule has 182 valence electrons. The van der Waals surface area contributed by atoms with E-state index in [-0.39, 0.29) is 30.1 Å². The monoisotopic (exact) mass is 560 g/mol. The van der Waals surface area contributed by atoms with Crippen LogP contribution in [-0.4, -0.2) is 78.8 Å². The number of amides is 1. The highest BCUT2D eigenvalue weighted by atomic mass is 127. The maximum absolute atomic E-state index is 12.7. The number of nitrogens with zero attached hydrogens (tertiary/aromatic N) is 4. The van der Waals surface area contributed by atoms with Gasteiger partial charge < -0.3 is 25.2 Å². The van der Waals surface area contributed by atoms with Gasteiger partial charge in [-0.05, 0) is 64.8 Å². The highest BCUT2D eigenvalue weighted by Gasteiger charge is 2.22. The van der Waals surface area contributed by atoms with Gasteiger partial charge in [0.15, 0.2) is 5.96 Å². The van der Waals surface area contributed by atoms with E-state index in [2.05, 4.69) is 25.5 Å². The summed E-state index contributed by atoms with van der Waals surface area (Å²) in [6.07, 6.45) is 7.96. The zero-order valence-corrected chi connectivity index (χ0v) is 22.4. The number of hydrogen-bond acceptors (Lipinski definition) is 5. The zero-order chi connectivity index (χ0) is 22.5. The van der Waals surface area contributed by atoms with Crippen LogP contribution in [0.1, 0.15) is 52.0 Å². The summed E-state index contributed by atoms with van der Waals surface area (Å²) in [5.41, 5.74) is 0.458. The van der Waals surface area contributed by atoms with Crippen molar-refractivity contribution >= 4 is 36.0 Å². The molecule has 0 saturated carbocycles. The molecule has 2 N–H and O–H groups in total. The summed E-state index contributed by atoms with van der Waals surface area (Å²) < 4.78 is 5.59. The van der Waals surface area contributed by atoms with E-state index in [1.54, 1.807) is 24.3 Å². The van der Waals surface area contributed by atoms with Crippen molar-refractivity contribution in [1.82, 2.24) is 25.4 Å². The predicted molar refractivity (Wildman–Crippen MR) is 141 cm³/mol. The number of ether oxygens (including phenoxy) is 1. The normalized spacial score (nSPS) is 14.9. The Labute approximate surface area is 210 Å². The molecule has 0 spiro atoms. The predicted octanol–water partition coefficient (Wildman–Crippen LogP) is 3.48. The van der Waals surface area contributed by atoms with E-state index in [0.717, 1.165) is 37.6 Å². The van der Waals surface area contributed by atoms with Gasteiger partial charge in [0.2, 0.25) is 0 Å². The standard InChI is InChI=1S/C23H40N6O2.HI/c1-23(2,3)31-22(30)29(19-20-10-8-11-25-18-20)16-9-12-26-21(24-4)27-13-17-28-14-6-5-7-15-28;/h8,10-11,18H,5-7,9,12-17,19H2,1-4H3,(H2,24,26,27);1H. The van der Waals surface area contributed by atoms with Crippen LogP contribution in [0.2, 0.25) is 0 Å². The van der Waals surface area contributed by atoms with Crippen molar-refractivity contribution in [2.45, 2.75) is 58.6 Å². The van der Waals surface area contributed by atoms with E-state index < -0.39 is 5.60 Å². The fourth-order valence-electron chi connectivity index (χ4n) is 3.49. The molecule has 0 aliphatic carbocycles. The number of piperidine rings is 1. The van der Waals surface area contributed by atoms with E-state index >= 15 is 0 Å². The first kappa shape index (κ1) is 28.4. The molecule has 32 heavy (non-hydrogen) atoms. The topological polar surface area (TPSA) is 82.1 Å². The van der Waals surface area contributed by atoms with Crippen molar-refractivity contribution in [2.75, 3.05) is 46.3 Å². The van der Waals surface area contributed by atoms with E-state index in [1.807, 2.05) is 32.9 Å². The number of pyridine rings is 1. The molecule has 1 saturated heterocycles. The number of nitrogens with one attached hydrogen (secondary N) is 2. The number of aliphatic imine (C=N–C) groups is 1. The highest BCUT2D eigenvalue weighted by molar-refractivity contribution is 14.0. The quantitative estimate of drug-likeness (QED) is 0.208.